The van der Waals surface area contributed by atoms with E-state index in [2.05, 4.69) is 13.8 Å². The SMILES string of the molecule is CC(N)CN1C(=O)CCOCC1C(C)C. The number of amides is 1. The molecule has 1 heterocycles. The van der Waals surface area contributed by atoms with Crippen LogP contribution in [-0.4, -0.2) is 42.6 Å². The second-order valence-electron chi connectivity index (χ2n) is 4.66. The van der Waals surface area contributed by atoms with Crippen LogP contribution in [0.2, 0.25) is 0 Å². The average Bonchev–Trinajstić information content (AvgIpc) is 2.29. The number of ether oxygens (including phenoxy) is 1. The van der Waals surface area contributed by atoms with Crippen LogP contribution < -0.4 is 5.73 Å². The highest BCUT2D eigenvalue weighted by Crippen LogP contribution is 2.16. The summed E-state index contributed by atoms with van der Waals surface area (Å²) in [6.45, 7) is 7.96. The molecular formula is C11H22N2O2. The smallest absolute Gasteiger partial charge is 0.225 e. The van der Waals surface area contributed by atoms with Gasteiger partial charge in [-0.15, -0.1) is 0 Å². The van der Waals surface area contributed by atoms with Crippen LogP contribution in [0, 0.1) is 5.92 Å². The molecule has 1 aliphatic heterocycles. The van der Waals surface area contributed by atoms with Crippen LogP contribution in [-0.2, 0) is 9.53 Å². The Morgan fingerprint density at radius 3 is 2.73 bits per heavy atom. The van der Waals surface area contributed by atoms with Crippen LogP contribution in [0.15, 0.2) is 0 Å². The summed E-state index contributed by atoms with van der Waals surface area (Å²) >= 11 is 0. The van der Waals surface area contributed by atoms with Crippen molar-refractivity contribution < 1.29 is 9.53 Å². The molecule has 2 unspecified atom stereocenters. The Bertz CT molecular complexity index is 217. The van der Waals surface area contributed by atoms with E-state index in [-0.39, 0.29) is 18.0 Å². The lowest BCUT2D eigenvalue weighted by atomic mass is 10.0. The maximum atomic E-state index is 11.9. The van der Waals surface area contributed by atoms with Crippen molar-refractivity contribution in [2.45, 2.75) is 39.3 Å². The van der Waals surface area contributed by atoms with E-state index in [1.54, 1.807) is 0 Å². The Balaban J connectivity index is 2.74. The fraction of sp³-hybridized carbons (Fsp3) is 0.909. The molecule has 4 nitrogen and oxygen atoms in total. The maximum Gasteiger partial charge on any atom is 0.225 e. The highest BCUT2D eigenvalue weighted by atomic mass is 16.5. The van der Waals surface area contributed by atoms with Crippen molar-refractivity contribution in [3.63, 3.8) is 0 Å². The zero-order valence-corrected chi connectivity index (χ0v) is 9.90. The third-order valence-corrected chi connectivity index (χ3v) is 2.72. The van der Waals surface area contributed by atoms with Crippen molar-refractivity contribution in [1.29, 1.82) is 0 Å². The topological polar surface area (TPSA) is 55.6 Å². The van der Waals surface area contributed by atoms with E-state index in [4.69, 9.17) is 10.5 Å². The number of nitrogens with two attached hydrogens (primary N) is 1. The summed E-state index contributed by atoms with van der Waals surface area (Å²) in [5, 5.41) is 0. The van der Waals surface area contributed by atoms with E-state index < -0.39 is 0 Å². The molecule has 0 bridgehead atoms. The van der Waals surface area contributed by atoms with E-state index in [0.29, 0.717) is 32.1 Å². The van der Waals surface area contributed by atoms with E-state index in [9.17, 15) is 4.79 Å². The highest BCUT2D eigenvalue weighted by molar-refractivity contribution is 5.77. The van der Waals surface area contributed by atoms with Gasteiger partial charge in [-0.2, -0.15) is 0 Å². The molecule has 0 aromatic carbocycles. The van der Waals surface area contributed by atoms with Crippen LogP contribution in [0.25, 0.3) is 0 Å². The standard InChI is InChI=1S/C11H22N2O2/c1-8(2)10-7-15-5-4-11(14)13(10)6-9(3)12/h8-10H,4-7,12H2,1-3H3. The largest absolute Gasteiger partial charge is 0.379 e. The first-order valence-electron chi connectivity index (χ1n) is 5.65. The van der Waals surface area contributed by atoms with E-state index in [1.165, 1.54) is 0 Å². The monoisotopic (exact) mass is 214 g/mol. The van der Waals surface area contributed by atoms with Gasteiger partial charge in [0.1, 0.15) is 0 Å². The fourth-order valence-electron chi connectivity index (χ4n) is 1.88. The number of rotatable bonds is 3. The number of nitrogens with zero attached hydrogens (tertiary/aromatic N) is 1. The summed E-state index contributed by atoms with van der Waals surface area (Å²) in [6.07, 6.45) is 0.482. The first-order chi connectivity index (χ1) is 7.02. The molecule has 0 aromatic rings. The maximum absolute atomic E-state index is 11.9. The average molecular weight is 214 g/mol. The van der Waals surface area contributed by atoms with Gasteiger partial charge in [-0.1, -0.05) is 13.8 Å². The Kier molecular flexibility index (Phi) is 4.54. The quantitative estimate of drug-likeness (QED) is 0.749. The molecule has 15 heavy (non-hydrogen) atoms. The van der Waals surface area contributed by atoms with Crippen LogP contribution in [0.5, 0.6) is 0 Å². The van der Waals surface area contributed by atoms with E-state index in [1.807, 2.05) is 11.8 Å². The third kappa shape index (κ3) is 3.47. The Hall–Kier alpha value is -0.610. The third-order valence-electron chi connectivity index (χ3n) is 2.72. The summed E-state index contributed by atoms with van der Waals surface area (Å²) < 4.78 is 5.45. The molecule has 4 heteroatoms. The Morgan fingerprint density at radius 1 is 1.53 bits per heavy atom. The molecule has 0 spiro atoms. The lowest BCUT2D eigenvalue weighted by Crippen LogP contribution is -2.48. The predicted molar refractivity (Wildman–Crippen MR) is 59.4 cm³/mol. The van der Waals surface area contributed by atoms with Crippen molar-refractivity contribution in [1.82, 2.24) is 4.90 Å². The van der Waals surface area contributed by atoms with Gasteiger partial charge in [-0.05, 0) is 12.8 Å². The van der Waals surface area contributed by atoms with Crippen molar-refractivity contribution in [3.05, 3.63) is 0 Å². The summed E-state index contributed by atoms with van der Waals surface area (Å²) in [5.74, 6) is 0.578. The van der Waals surface area contributed by atoms with Crippen LogP contribution in [0.4, 0.5) is 0 Å². The lowest BCUT2D eigenvalue weighted by Gasteiger charge is -2.33. The van der Waals surface area contributed by atoms with Crippen LogP contribution in [0.1, 0.15) is 27.2 Å². The molecule has 0 radical (unpaired) electrons. The molecule has 1 fully saturated rings. The van der Waals surface area contributed by atoms with Crippen LogP contribution in [0.3, 0.4) is 0 Å². The van der Waals surface area contributed by atoms with Gasteiger partial charge < -0.3 is 15.4 Å². The molecule has 88 valence electrons. The van der Waals surface area contributed by atoms with Crippen molar-refractivity contribution in [2.75, 3.05) is 19.8 Å². The molecule has 0 aromatic heterocycles. The molecule has 0 aliphatic carbocycles. The van der Waals surface area contributed by atoms with E-state index in [0.717, 1.165) is 0 Å². The number of hydrogen-bond acceptors (Lipinski definition) is 3. The van der Waals surface area contributed by atoms with Gasteiger partial charge in [0.15, 0.2) is 0 Å². The van der Waals surface area contributed by atoms with Crippen molar-refractivity contribution in [2.24, 2.45) is 11.7 Å². The summed E-state index contributed by atoms with van der Waals surface area (Å²) in [4.78, 5) is 13.7. The van der Waals surface area contributed by atoms with Gasteiger partial charge in [0.2, 0.25) is 5.91 Å². The molecule has 1 rings (SSSR count). The van der Waals surface area contributed by atoms with Crippen molar-refractivity contribution in [3.8, 4) is 0 Å². The number of carbonyl (C=O) groups is 1. The number of hydrogen-bond donors (Lipinski definition) is 1. The first kappa shape index (κ1) is 12.5. The van der Waals surface area contributed by atoms with Crippen molar-refractivity contribution >= 4 is 5.91 Å². The first-order valence-corrected chi connectivity index (χ1v) is 5.65. The van der Waals surface area contributed by atoms with Gasteiger partial charge >= 0.3 is 0 Å². The van der Waals surface area contributed by atoms with Gasteiger partial charge in [0.05, 0.1) is 25.7 Å². The summed E-state index contributed by atoms with van der Waals surface area (Å²) in [7, 11) is 0. The highest BCUT2D eigenvalue weighted by Gasteiger charge is 2.29. The van der Waals surface area contributed by atoms with Crippen LogP contribution >= 0.6 is 0 Å². The molecule has 2 N–H and O–H groups in total. The van der Waals surface area contributed by atoms with Gasteiger partial charge in [0, 0.05) is 12.6 Å². The van der Waals surface area contributed by atoms with Gasteiger partial charge in [0.25, 0.3) is 0 Å². The fourth-order valence-corrected chi connectivity index (χ4v) is 1.88. The van der Waals surface area contributed by atoms with Gasteiger partial charge in [-0.3, -0.25) is 4.79 Å². The minimum atomic E-state index is 0.0216. The molecule has 2 atom stereocenters. The summed E-state index contributed by atoms with van der Waals surface area (Å²) in [6, 6.07) is 0.194. The minimum absolute atomic E-state index is 0.0216. The second kappa shape index (κ2) is 5.47. The normalized spacial score (nSPS) is 25.5. The minimum Gasteiger partial charge on any atom is -0.379 e. The second-order valence-corrected chi connectivity index (χ2v) is 4.66. The molecule has 1 amide bonds. The zero-order valence-electron chi connectivity index (χ0n) is 9.90. The lowest BCUT2D eigenvalue weighted by molar-refractivity contribution is -0.133. The molecule has 1 aliphatic rings. The Labute approximate surface area is 91.8 Å². The summed E-state index contributed by atoms with van der Waals surface area (Å²) in [5.41, 5.74) is 5.76. The van der Waals surface area contributed by atoms with Gasteiger partial charge in [-0.25, -0.2) is 0 Å². The Morgan fingerprint density at radius 2 is 2.20 bits per heavy atom. The number of carbonyl (C=O) groups excluding carboxylic acids is 1. The van der Waals surface area contributed by atoms with E-state index >= 15 is 0 Å². The molecule has 0 saturated carbocycles. The zero-order chi connectivity index (χ0) is 11.4. The molecule has 1 saturated heterocycles. The predicted octanol–water partition coefficient (Wildman–Crippen LogP) is 0.607. The molecular weight excluding hydrogens is 192 g/mol.